The topological polar surface area (TPSA) is 104 Å². The Labute approximate surface area is 181 Å². The molecule has 1 fully saturated rings. The van der Waals surface area contributed by atoms with E-state index in [0.717, 1.165) is 10.9 Å². The lowest BCUT2D eigenvalue weighted by Gasteiger charge is -2.13. The number of hydrogen-bond acceptors (Lipinski definition) is 5. The molecule has 158 valence electrons. The number of nitrogens with one attached hydrogen (secondary N) is 1. The van der Waals surface area contributed by atoms with E-state index in [1.54, 1.807) is 23.7 Å². The van der Waals surface area contributed by atoms with Crippen molar-refractivity contribution in [2.75, 3.05) is 0 Å². The van der Waals surface area contributed by atoms with Gasteiger partial charge in [0, 0.05) is 23.2 Å². The first kappa shape index (κ1) is 19.7. The standard InChI is InChI=1S/C21H19ClFN7O/c1-29-27-19(26-28-29)18-17(22)14-4-2-3-5-16(14)30(18)13-7-6-12(15(23)10-13)11-25-20(31)21(24)8-9-21/h2-7,10H,8-9,11,24H2,1H3,(H,25,31). The lowest BCUT2D eigenvalue weighted by molar-refractivity contribution is -0.123. The first-order chi connectivity index (χ1) is 14.9. The average Bonchev–Trinajstić information content (AvgIpc) is 3.26. The highest BCUT2D eigenvalue weighted by molar-refractivity contribution is 6.38. The fourth-order valence-electron chi connectivity index (χ4n) is 3.58. The number of benzene rings is 2. The molecule has 1 aliphatic carbocycles. The van der Waals surface area contributed by atoms with Crippen LogP contribution in [0.15, 0.2) is 42.5 Å². The van der Waals surface area contributed by atoms with E-state index in [9.17, 15) is 9.18 Å². The number of halogens is 2. The van der Waals surface area contributed by atoms with Crippen LogP contribution in [0.3, 0.4) is 0 Å². The number of carbonyl (C=O) groups is 1. The minimum atomic E-state index is -0.796. The molecule has 3 N–H and O–H groups in total. The molecule has 1 saturated carbocycles. The van der Waals surface area contributed by atoms with Gasteiger partial charge in [-0.05, 0) is 36.3 Å². The van der Waals surface area contributed by atoms with Gasteiger partial charge in [0.2, 0.25) is 11.7 Å². The average molecular weight is 440 g/mol. The van der Waals surface area contributed by atoms with Crippen molar-refractivity contribution in [2.24, 2.45) is 12.8 Å². The Hall–Kier alpha value is -3.30. The van der Waals surface area contributed by atoms with Crippen LogP contribution in [0, 0.1) is 5.82 Å². The molecule has 2 aromatic heterocycles. The summed E-state index contributed by atoms with van der Waals surface area (Å²) >= 11 is 6.67. The van der Waals surface area contributed by atoms with E-state index < -0.39 is 11.4 Å². The van der Waals surface area contributed by atoms with Gasteiger partial charge in [0.25, 0.3) is 0 Å². The fraction of sp³-hybridized carbons (Fsp3) is 0.238. The summed E-state index contributed by atoms with van der Waals surface area (Å²) in [6.07, 6.45) is 1.31. The Morgan fingerprint density at radius 2 is 2.06 bits per heavy atom. The van der Waals surface area contributed by atoms with E-state index in [-0.39, 0.29) is 12.5 Å². The fourth-order valence-corrected chi connectivity index (χ4v) is 3.91. The smallest absolute Gasteiger partial charge is 0.240 e. The molecule has 2 aromatic carbocycles. The molecule has 0 atom stereocenters. The highest BCUT2D eigenvalue weighted by Crippen LogP contribution is 2.38. The molecule has 31 heavy (non-hydrogen) atoms. The Morgan fingerprint density at radius 1 is 1.29 bits per heavy atom. The quantitative estimate of drug-likeness (QED) is 0.497. The van der Waals surface area contributed by atoms with E-state index in [1.165, 1.54) is 10.9 Å². The van der Waals surface area contributed by atoms with E-state index >= 15 is 0 Å². The largest absolute Gasteiger partial charge is 0.350 e. The second kappa shape index (κ2) is 7.14. The lowest BCUT2D eigenvalue weighted by atomic mass is 10.1. The molecular formula is C21H19ClFN7O. The van der Waals surface area contributed by atoms with Gasteiger partial charge in [0.05, 0.1) is 23.1 Å². The van der Waals surface area contributed by atoms with Crippen molar-refractivity contribution in [3.8, 4) is 17.2 Å². The van der Waals surface area contributed by atoms with Crippen LogP contribution in [0.5, 0.6) is 0 Å². The summed E-state index contributed by atoms with van der Waals surface area (Å²) in [5.41, 5.74) is 7.31. The summed E-state index contributed by atoms with van der Waals surface area (Å²) in [6.45, 7) is 0.0651. The second-order valence-electron chi connectivity index (χ2n) is 7.73. The molecule has 0 saturated heterocycles. The zero-order valence-electron chi connectivity index (χ0n) is 16.6. The highest BCUT2D eigenvalue weighted by Gasteiger charge is 2.45. The molecule has 8 nitrogen and oxygen atoms in total. The molecule has 5 rings (SSSR count). The molecule has 2 heterocycles. The van der Waals surface area contributed by atoms with Crippen LogP contribution in [0.2, 0.25) is 5.02 Å². The zero-order chi connectivity index (χ0) is 21.8. The molecule has 0 aliphatic heterocycles. The molecular weight excluding hydrogens is 421 g/mol. The Kier molecular flexibility index (Phi) is 4.53. The molecule has 0 spiro atoms. The zero-order valence-corrected chi connectivity index (χ0v) is 17.4. The maximum Gasteiger partial charge on any atom is 0.240 e. The number of fused-ring (bicyclic) bond motifs is 1. The SMILES string of the molecule is Cn1nnc(-c2c(Cl)c3ccccc3n2-c2ccc(CNC(=O)C3(N)CC3)c(F)c2)n1. The minimum Gasteiger partial charge on any atom is -0.350 e. The summed E-state index contributed by atoms with van der Waals surface area (Å²) in [4.78, 5) is 13.4. The van der Waals surface area contributed by atoms with Crippen LogP contribution >= 0.6 is 11.6 Å². The van der Waals surface area contributed by atoms with Crippen molar-refractivity contribution >= 4 is 28.4 Å². The number of nitrogens with zero attached hydrogens (tertiary/aromatic N) is 5. The molecule has 0 radical (unpaired) electrons. The van der Waals surface area contributed by atoms with Crippen LogP contribution in [0.1, 0.15) is 18.4 Å². The van der Waals surface area contributed by atoms with Crippen molar-refractivity contribution in [1.29, 1.82) is 0 Å². The van der Waals surface area contributed by atoms with Gasteiger partial charge in [-0.25, -0.2) is 4.39 Å². The maximum atomic E-state index is 15.0. The number of nitrogens with two attached hydrogens (primary N) is 1. The predicted molar refractivity (Wildman–Crippen MR) is 114 cm³/mol. The van der Waals surface area contributed by atoms with Gasteiger partial charge < -0.3 is 15.6 Å². The van der Waals surface area contributed by atoms with E-state index in [2.05, 4.69) is 20.7 Å². The van der Waals surface area contributed by atoms with Crippen molar-refractivity contribution < 1.29 is 9.18 Å². The van der Waals surface area contributed by atoms with E-state index in [0.29, 0.717) is 40.6 Å². The summed E-state index contributed by atoms with van der Waals surface area (Å²) in [6, 6.07) is 12.3. The maximum absolute atomic E-state index is 15.0. The van der Waals surface area contributed by atoms with Gasteiger partial charge in [0.1, 0.15) is 11.5 Å². The van der Waals surface area contributed by atoms with E-state index in [1.807, 2.05) is 24.3 Å². The number of para-hydroxylation sites is 1. The van der Waals surface area contributed by atoms with Gasteiger partial charge >= 0.3 is 0 Å². The number of carbonyl (C=O) groups excluding carboxylic acids is 1. The van der Waals surface area contributed by atoms with E-state index in [4.69, 9.17) is 17.3 Å². The molecule has 0 unspecified atom stereocenters. The molecule has 4 aromatic rings. The van der Waals surface area contributed by atoms with Crippen LogP contribution < -0.4 is 11.1 Å². The summed E-state index contributed by atoms with van der Waals surface area (Å²) in [5.74, 6) is -0.375. The minimum absolute atomic E-state index is 0.0651. The van der Waals surface area contributed by atoms with Gasteiger partial charge in [-0.15, -0.1) is 10.2 Å². The third kappa shape index (κ3) is 3.35. The Morgan fingerprint density at radius 3 is 2.74 bits per heavy atom. The summed E-state index contributed by atoms with van der Waals surface area (Å²) < 4.78 is 16.8. The first-order valence-electron chi connectivity index (χ1n) is 9.77. The summed E-state index contributed by atoms with van der Waals surface area (Å²) in [5, 5.41) is 16.2. The van der Waals surface area contributed by atoms with Crippen LogP contribution in [0.25, 0.3) is 28.1 Å². The molecule has 0 bridgehead atoms. The van der Waals surface area contributed by atoms with Gasteiger partial charge in [0.15, 0.2) is 0 Å². The third-order valence-electron chi connectivity index (χ3n) is 5.51. The number of hydrogen-bond donors (Lipinski definition) is 2. The number of tetrazole rings is 1. The monoisotopic (exact) mass is 439 g/mol. The predicted octanol–water partition coefficient (Wildman–Crippen LogP) is 2.72. The van der Waals surface area contributed by atoms with Crippen LogP contribution in [0.4, 0.5) is 4.39 Å². The lowest BCUT2D eigenvalue weighted by Crippen LogP contribution is -2.42. The van der Waals surface area contributed by atoms with Crippen LogP contribution in [-0.4, -0.2) is 36.2 Å². The van der Waals surface area contributed by atoms with Gasteiger partial charge in [-0.1, -0.05) is 35.9 Å². The second-order valence-corrected chi connectivity index (χ2v) is 8.11. The first-order valence-corrected chi connectivity index (χ1v) is 10.1. The number of rotatable bonds is 5. The Bertz CT molecular complexity index is 1320. The van der Waals surface area contributed by atoms with Crippen molar-refractivity contribution in [3.63, 3.8) is 0 Å². The Balaban J connectivity index is 1.56. The van der Waals surface area contributed by atoms with Gasteiger partial charge in [-0.3, -0.25) is 4.79 Å². The van der Waals surface area contributed by atoms with Crippen molar-refractivity contribution in [3.05, 3.63) is 58.9 Å². The van der Waals surface area contributed by atoms with Gasteiger partial charge in [-0.2, -0.15) is 4.80 Å². The van der Waals surface area contributed by atoms with Crippen molar-refractivity contribution in [2.45, 2.75) is 24.9 Å². The molecule has 10 heteroatoms. The number of amides is 1. The molecule has 1 amide bonds. The molecule has 1 aliphatic rings. The number of aromatic nitrogens is 5. The normalized spacial score (nSPS) is 14.7. The van der Waals surface area contributed by atoms with Crippen LogP contribution in [-0.2, 0) is 18.4 Å². The van der Waals surface area contributed by atoms with Crippen molar-refractivity contribution in [1.82, 2.24) is 30.1 Å². The highest BCUT2D eigenvalue weighted by atomic mass is 35.5. The number of aryl methyl sites for hydroxylation is 1. The summed E-state index contributed by atoms with van der Waals surface area (Å²) in [7, 11) is 1.66. The third-order valence-corrected chi connectivity index (χ3v) is 5.89.